The van der Waals surface area contributed by atoms with Gasteiger partial charge in [-0.05, 0) is 89.9 Å². The van der Waals surface area contributed by atoms with E-state index in [-0.39, 0.29) is 25.2 Å². The Balaban J connectivity index is 4.25. The second-order valence-electron chi connectivity index (χ2n) is 18.8. The first kappa shape index (κ1) is 63.3. The molecule has 0 aliphatic rings. The number of carbonyl (C=O) groups excluding carboxylic acids is 2. The number of hydrogen-bond acceptors (Lipinski definition) is 5. The number of hydrogen-bond donors (Lipinski definition) is 0. The lowest BCUT2D eigenvalue weighted by Crippen LogP contribution is -2.30. The van der Waals surface area contributed by atoms with Crippen LogP contribution in [-0.4, -0.2) is 37.9 Å². The molecule has 0 amide bonds. The summed E-state index contributed by atoms with van der Waals surface area (Å²) in [7, 11) is 0. The molecule has 382 valence electrons. The van der Waals surface area contributed by atoms with Gasteiger partial charge in [0.25, 0.3) is 0 Å². The van der Waals surface area contributed by atoms with Crippen LogP contribution in [-0.2, 0) is 23.8 Å². The third-order valence-electron chi connectivity index (χ3n) is 12.2. The van der Waals surface area contributed by atoms with Gasteiger partial charge in [0.2, 0.25) is 0 Å². The number of rotatable bonds is 52. The molecular formula is C61H108O5. The van der Waals surface area contributed by atoms with Crippen LogP contribution in [0.4, 0.5) is 0 Å². The number of ether oxygens (including phenoxy) is 3. The molecule has 66 heavy (non-hydrogen) atoms. The van der Waals surface area contributed by atoms with Gasteiger partial charge in [0.1, 0.15) is 6.61 Å². The Labute approximate surface area is 410 Å². The summed E-state index contributed by atoms with van der Waals surface area (Å²) in [6.45, 7) is 7.68. The lowest BCUT2D eigenvalue weighted by atomic mass is 10.1. The molecule has 0 aromatic heterocycles. The van der Waals surface area contributed by atoms with Crippen LogP contribution in [0.15, 0.2) is 72.9 Å². The van der Waals surface area contributed by atoms with Gasteiger partial charge in [-0.1, -0.05) is 248 Å². The van der Waals surface area contributed by atoms with E-state index in [4.69, 9.17) is 14.2 Å². The second-order valence-corrected chi connectivity index (χ2v) is 18.8. The number of esters is 2. The lowest BCUT2D eigenvalue weighted by molar-refractivity contribution is -0.163. The molecule has 0 fully saturated rings. The summed E-state index contributed by atoms with van der Waals surface area (Å²) in [4.78, 5) is 25.5. The van der Waals surface area contributed by atoms with Crippen molar-refractivity contribution in [1.82, 2.24) is 0 Å². The topological polar surface area (TPSA) is 61.8 Å². The Hall–Kier alpha value is -2.66. The van der Waals surface area contributed by atoms with Crippen LogP contribution >= 0.6 is 0 Å². The molecule has 0 spiro atoms. The minimum atomic E-state index is -0.550. The Bertz CT molecular complexity index is 1180. The first-order valence-corrected chi connectivity index (χ1v) is 28.5. The van der Waals surface area contributed by atoms with Crippen molar-refractivity contribution in [2.45, 2.75) is 284 Å². The standard InChI is InChI=1S/C61H108O5/c1-4-7-10-13-16-19-22-24-26-28-30-32-34-36-38-41-44-47-50-53-56-64-57-59(66-61(63)55-52-49-46-43-39-21-18-15-12-9-6-3)58-65-60(62)54-51-48-45-42-40-37-35-33-31-29-27-25-23-20-17-14-11-8-5-2/h7,10,16,19,24-27,30,32,36,38,59H,4-6,8-9,11-15,17-18,20-23,28-29,31,33-35,37,39-58H2,1-3H3/b10-7-,19-16-,26-24-,27-25-,32-30-,38-36-. The molecule has 0 aliphatic carbocycles. The van der Waals surface area contributed by atoms with E-state index in [1.807, 2.05) is 0 Å². The normalized spacial score (nSPS) is 12.7. The van der Waals surface area contributed by atoms with E-state index in [1.54, 1.807) is 0 Å². The first-order chi connectivity index (χ1) is 32.6. The Morgan fingerprint density at radius 3 is 1.11 bits per heavy atom. The summed E-state index contributed by atoms with van der Waals surface area (Å²) in [5.41, 5.74) is 0. The summed E-state index contributed by atoms with van der Waals surface area (Å²) in [5.74, 6) is -0.406. The Morgan fingerprint density at radius 2 is 0.682 bits per heavy atom. The van der Waals surface area contributed by atoms with Crippen molar-refractivity contribution in [3.63, 3.8) is 0 Å². The highest BCUT2D eigenvalue weighted by Gasteiger charge is 2.17. The predicted octanol–water partition coefficient (Wildman–Crippen LogP) is 19.5. The van der Waals surface area contributed by atoms with E-state index < -0.39 is 6.10 Å². The van der Waals surface area contributed by atoms with Crippen LogP contribution in [0.2, 0.25) is 0 Å². The van der Waals surface area contributed by atoms with Crippen LogP contribution in [0.25, 0.3) is 0 Å². The fourth-order valence-corrected chi connectivity index (χ4v) is 8.00. The highest BCUT2D eigenvalue weighted by Crippen LogP contribution is 2.15. The molecule has 0 rings (SSSR count). The van der Waals surface area contributed by atoms with Gasteiger partial charge in [0, 0.05) is 19.4 Å². The van der Waals surface area contributed by atoms with E-state index >= 15 is 0 Å². The number of allylic oxidation sites excluding steroid dienone is 12. The molecule has 0 heterocycles. The predicted molar refractivity (Wildman–Crippen MR) is 288 cm³/mol. The maximum Gasteiger partial charge on any atom is 0.306 e. The highest BCUT2D eigenvalue weighted by atomic mass is 16.6. The van der Waals surface area contributed by atoms with Crippen molar-refractivity contribution in [3.8, 4) is 0 Å². The number of carbonyl (C=O) groups is 2. The molecule has 0 aromatic rings. The summed E-state index contributed by atoms with van der Waals surface area (Å²) in [6.07, 6.45) is 73.5. The van der Waals surface area contributed by atoms with E-state index in [0.29, 0.717) is 19.4 Å². The van der Waals surface area contributed by atoms with E-state index in [0.717, 1.165) is 77.0 Å². The van der Waals surface area contributed by atoms with E-state index in [1.165, 1.54) is 167 Å². The van der Waals surface area contributed by atoms with E-state index in [2.05, 4.69) is 93.7 Å². The molecule has 0 radical (unpaired) electrons. The molecule has 0 bridgehead atoms. The van der Waals surface area contributed by atoms with Gasteiger partial charge in [-0.2, -0.15) is 0 Å². The Morgan fingerprint density at radius 1 is 0.348 bits per heavy atom. The minimum absolute atomic E-state index is 0.0744. The first-order valence-electron chi connectivity index (χ1n) is 28.5. The molecule has 0 saturated carbocycles. The lowest BCUT2D eigenvalue weighted by Gasteiger charge is -2.18. The van der Waals surface area contributed by atoms with Crippen molar-refractivity contribution in [2.24, 2.45) is 0 Å². The van der Waals surface area contributed by atoms with Crippen LogP contribution in [0.5, 0.6) is 0 Å². The van der Waals surface area contributed by atoms with Gasteiger partial charge in [-0.3, -0.25) is 9.59 Å². The largest absolute Gasteiger partial charge is 0.462 e. The molecule has 1 unspecified atom stereocenters. The molecule has 0 aliphatic heterocycles. The molecular weight excluding hydrogens is 813 g/mol. The zero-order valence-electron chi connectivity index (χ0n) is 44.0. The van der Waals surface area contributed by atoms with Crippen molar-refractivity contribution < 1.29 is 23.8 Å². The van der Waals surface area contributed by atoms with Gasteiger partial charge >= 0.3 is 11.9 Å². The number of unbranched alkanes of at least 4 members (excludes halogenated alkanes) is 29. The van der Waals surface area contributed by atoms with Crippen LogP contribution in [0, 0.1) is 0 Å². The van der Waals surface area contributed by atoms with Crippen LogP contribution in [0.1, 0.15) is 278 Å². The smallest absolute Gasteiger partial charge is 0.306 e. The summed E-state index contributed by atoms with van der Waals surface area (Å²) in [5, 5.41) is 0. The third kappa shape index (κ3) is 54.0. The Kier molecular flexibility index (Phi) is 54.4. The summed E-state index contributed by atoms with van der Waals surface area (Å²) < 4.78 is 17.4. The van der Waals surface area contributed by atoms with Crippen molar-refractivity contribution >= 4 is 11.9 Å². The molecule has 5 nitrogen and oxygen atoms in total. The molecule has 0 N–H and O–H groups in total. The van der Waals surface area contributed by atoms with Gasteiger partial charge < -0.3 is 14.2 Å². The third-order valence-corrected chi connectivity index (χ3v) is 12.2. The van der Waals surface area contributed by atoms with Crippen LogP contribution < -0.4 is 0 Å². The molecule has 0 saturated heterocycles. The molecule has 5 heteroatoms. The quantitative estimate of drug-likeness (QED) is 0.0346. The molecule has 0 aromatic carbocycles. The average molecular weight is 922 g/mol. The summed E-state index contributed by atoms with van der Waals surface area (Å²) >= 11 is 0. The van der Waals surface area contributed by atoms with Gasteiger partial charge in [-0.15, -0.1) is 0 Å². The van der Waals surface area contributed by atoms with Gasteiger partial charge in [0.15, 0.2) is 6.10 Å². The second kappa shape index (κ2) is 56.7. The fraction of sp³-hybridized carbons (Fsp3) is 0.770. The van der Waals surface area contributed by atoms with Crippen molar-refractivity contribution in [3.05, 3.63) is 72.9 Å². The zero-order chi connectivity index (χ0) is 47.7. The van der Waals surface area contributed by atoms with Crippen LogP contribution in [0.3, 0.4) is 0 Å². The maximum absolute atomic E-state index is 12.8. The zero-order valence-corrected chi connectivity index (χ0v) is 44.0. The average Bonchev–Trinajstić information content (AvgIpc) is 3.32. The minimum Gasteiger partial charge on any atom is -0.462 e. The SMILES string of the molecule is CC/C=C\C/C=C\C/C=C\C/C=C\C/C=C\CCCCCCOCC(COC(=O)CCCCCCCCCCC/C=C\CCCCCCCC)OC(=O)CCCCCCCCCCCCC. The van der Waals surface area contributed by atoms with Gasteiger partial charge in [-0.25, -0.2) is 0 Å². The monoisotopic (exact) mass is 921 g/mol. The molecule has 1 atom stereocenters. The van der Waals surface area contributed by atoms with Crippen molar-refractivity contribution in [1.29, 1.82) is 0 Å². The fourth-order valence-electron chi connectivity index (χ4n) is 8.00. The summed E-state index contributed by atoms with van der Waals surface area (Å²) in [6, 6.07) is 0. The highest BCUT2D eigenvalue weighted by molar-refractivity contribution is 5.70. The van der Waals surface area contributed by atoms with Gasteiger partial charge in [0.05, 0.1) is 6.61 Å². The maximum atomic E-state index is 12.8. The van der Waals surface area contributed by atoms with E-state index in [9.17, 15) is 9.59 Å². The van der Waals surface area contributed by atoms with Crippen molar-refractivity contribution in [2.75, 3.05) is 19.8 Å².